The molecule has 0 aliphatic heterocycles. The molecule has 0 saturated carbocycles. The number of phenolic OH excluding ortho intramolecular Hbond substituents is 2. The van der Waals surface area contributed by atoms with E-state index < -0.39 is 40.3 Å². The Kier molecular flexibility index (Phi) is 9.67. The average Bonchev–Trinajstić information content (AvgIpc) is 2.82. The molecule has 0 heterocycles. The molecule has 194 valence electrons. The van der Waals surface area contributed by atoms with Crippen LogP contribution in [-0.2, 0) is 0 Å². The Labute approximate surface area is 211 Å². The number of carbonyl (C=O) groups excluding carboxylic acids is 3. The summed E-state index contributed by atoms with van der Waals surface area (Å²) < 4.78 is 15.7. The van der Waals surface area contributed by atoms with E-state index >= 15 is 0 Å². The molecule has 2 N–H and O–H groups in total. The molecule has 0 aliphatic rings. The number of methoxy groups -OCH3 is 3. The Balaban J connectivity index is 2.69. The molecule has 2 aromatic rings. The van der Waals surface area contributed by atoms with Gasteiger partial charge in [0.2, 0.25) is 0 Å². The zero-order valence-corrected chi connectivity index (χ0v) is 21.8. The molecule has 0 fully saturated rings. The van der Waals surface area contributed by atoms with Gasteiger partial charge in [0.05, 0.1) is 32.8 Å². The van der Waals surface area contributed by atoms with Crippen LogP contribution in [0.15, 0.2) is 35.9 Å². The van der Waals surface area contributed by atoms with Crippen molar-refractivity contribution in [3.05, 3.63) is 52.6 Å². The van der Waals surface area contributed by atoms with Crippen LogP contribution in [0.1, 0.15) is 71.6 Å². The maximum absolute atomic E-state index is 13.7. The zero-order chi connectivity index (χ0) is 27.2. The normalized spacial score (nSPS) is 11.6. The first-order chi connectivity index (χ1) is 17.0. The van der Waals surface area contributed by atoms with E-state index in [1.165, 1.54) is 33.5 Å². The first-order valence-electron chi connectivity index (χ1n) is 11.6. The van der Waals surface area contributed by atoms with E-state index in [1.54, 1.807) is 12.1 Å². The summed E-state index contributed by atoms with van der Waals surface area (Å²) in [5, 5.41) is 21.7. The molecule has 8 heteroatoms. The van der Waals surface area contributed by atoms with E-state index in [4.69, 9.17) is 14.2 Å². The fraction of sp³-hybridized carbons (Fsp3) is 0.393. The van der Waals surface area contributed by atoms with Crippen molar-refractivity contribution in [2.45, 2.75) is 40.5 Å². The van der Waals surface area contributed by atoms with Crippen LogP contribution in [0.2, 0.25) is 0 Å². The molecule has 1 unspecified atom stereocenters. The lowest BCUT2D eigenvalue weighted by Crippen LogP contribution is -2.25. The van der Waals surface area contributed by atoms with Gasteiger partial charge in [-0.05, 0) is 38.3 Å². The van der Waals surface area contributed by atoms with E-state index in [1.807, 2.05) is 27.7 Å². The molecule has 0 saturated heterocycles. The Bertz CT molecular complexity index is 1170. The summed E-state index contributed by atoms with van der Waals surface area (Å²) in [6.45, 7) is 7.32. The van der Waals surface area contributed by atoms with Gasteiger partial charge in [-0.2, -0.15) is 0 Å². The number of benzene rings is 2. The van der Waals surface area contributed by atoms with Gasteiger partial charge < -0.3 is 24.4 Å². The van der Waals surface area contributed by atoms with Crippen LogP contribution >= 0.6 is 0 Å². The van der Waals surface area contributed by atoms with E-state index in [-0.39, 0.29) is 41.4 Å². The first kappa shape index (κ1) is 28.4. The van der Waals surface area contributed by atoms with Gasteiger partial charge in [-0.3, -0.25) is 14.4 Å². The second kappa shape index (κ2) is 12.2. The van der Waals surface area contributed by atoms with Crippen molar-refractivity contribution >= 4 is 17.3 Å². The van der Waals surface area contributed by atoms with Gasteiger partial charge >= 0.3 is 0 Å². The standard InChI is InChI=1S/C28H34O8/c1-15(2)8-10-19(26(31)18-11-9-17(34-5)13-22(18)35-6)27(32)25-21(30)14-23(36-7)24(28(25)33)20(29)12-16(3)4/h8-9,11,13-14,16,19,30,33H,10,12H2,1-7H3. The zero-order valence-electron chi connectivity index (χ0n) is 21.8. The summed E-state index contributed by atoms with van der Waals surface area (Å²) in [4.78, 5) is 40.3. The molecule has 1 atom stereocenters. The topological polar surface area (TPSA) is 119 Å². The van der Waals surface area contributed by atoms with Crippen molar-refractivity contribution in [3.8, 4) is 28.7 Å². The highest BCUT2D eigenvalue weighted by atomic mass is 16.5. The molecule has 0 spiro atoms. The third-order valence-corrected chi connectivity index (χ3v) is 5.65. The molecule has 0 radical (unpaired) electrons. The SMILES string of the molecule is COc1ccc(C(=O)C(CC=C(C)C)C(=O)c2c(O)cc(OC)c(C(=O)CC(C)C)c2O)c(OC)c1. The van der Waals surface area contributed by atoms with Gasteiger partial charge in [0.25, 0.3) is 0 Å². The van der Waals surface area contributed by atoms with E-state index in [0.29, 0.717) is 5.75 Å². The van der Waals surface area contributed by atoms with E-state index in [9.17, 15) is 24.6 Å². The number of rotatable bonds is 12. The van der Waals surface area contributed by atoms with Crippen LogP contribution in [0.4, 0.5) is 0 Å². The summed E-state index contributed by atoms with van der Waals surface area (Å²) in [5.74, 6) is -3.85. The average molecular weight is 499 g/mol. The quantitative estimate of drug-likeness (QED) is 0.227. The highest BCUT2D eigenvalue weighted by molar-refractivity contribution is 6.20. The fourth-order valence-corrected chi connectivity index (χ4v) is 3.83. The summed E-state index contributed by atoms with van der Waals surface area (Å²) in [6, 6.07) is 5.70. The van der Waals surface area contributed by atoms with Crippen LogP contribution in [0.5, 0.6) is 28.7 Å². The Hall–Kier alpha value is -3.81. The lowest BCUT2D eigenvalue weighted by Gasteiger charge is -2.19. The molecular formula is C28H34O8. The molecular weight excluding hydrogens is 464 g/mol. The van der Waals surface area contributed by atoms with Crippen molar-refractivity contribution < 1.29 is 38.8 Å². The molecule has 2 rings (SSSR count). The minimum atomic E-state index is -1.31. The first-order valence-corrected chi connectivity index (χ1v) is 11.6. The van der Waals surface area contributed by atoms with Gasteiger partial charge in [0.15, 0.2) is 17.3 Å². The third kappa shape index (κ3) is 6.24. The fourth-order valence-electron chi connectivity index (χ4n) is 3.83. The number of hydrogen-bond acceptors (Lipinski definition) is 8. The lowest BCUT2D eigenvalue weighted by molar-refractivity contribution is 0.0804. The number of ether oxygens (including phenoxy) is 3. The minimum Gasteiger partial charge on any atom is -0.507 e. The van der Waals surface area contributed by atoms with Crippen LogP contribution in [0.25, 0.3) is 0 Å². The van der Waals surface area contributed by atoms with Crippen molar-refractivity contribution in [2.24, 2.45) is 11.8 Å². The molecule has 0 aliphatic carbocycles. The summed E-state index contributed by atoms with van der Waals surface area (Å²) in [5.41, 5.74) is 0.305. The minimum absolute atomic E-state index is 0.00929. The number of allylic oxidation sites excluding steroid dienone is 2. The second-order valence-electron chi connectivity index (χ2n) is 9.08. The summed E-state index contributed by atoms with van der Waals surface area (Å²) >= 11 is 0. The highest BCUT2D eigenvalue weighted by Gasteiger charge is 2.35. The second-order valence-corrected chi connectivity index (χ2v) is 9.08. The van der Waals surface area contributed by atoms with Gasteiger partial charge in [0, 0.05) is 18.6 Å². The number of Topliss-reactive ketones (excluding diaryl/α,β-unsaturated/α-hetero) is 3. The van der Waals surface area contributed by atoms with Crippen LogP contribution in [0, 0.1) is 11.8 Å². The van der Waals surface area contributed by atoms with Crippen LogP contribution in [-0.4, -0.2) is 48.9 Å². The molecule has 36 heavy (non-hydrogen) atoms. The molecule has 0 bridgehead atoms. The Morgan fingerprint density at radius 3 is 2.06 bits per heavy atom. The monoisotopic (exact) mass is 498 g/mol. The van der Waals surface area contributed by atoms with Gasteiger partial charge in [0.1, 0.15) is 39.9 Å². The van der Waals surface area contributed by atoms with Crippen molar-refractivity contribution in [2.75, 3.05) is 21.3 Å². The van der Waals surface area contributed by atoms with Crippen molar-refractivity contribution in [1.82, 2.24) is 0 Å². The summed E-state index contributed by atoms with van der Waals surface area (Å²) in [6.07, 6.45) is 1.82. The van der Waals surface area contributed by atoms with Gasteiger partial charge in [-0.15, -0.1) is 0 Å². The largest absolute Gasteiger partial charge is 0.507 e. The van der Waals surface area contributed by atoms with Gasteiger partial charge in [-0.25, -0.2) is 0 Å². The molecule has 0 aromatic heterocycles. The predicted octanol–water partition coefficient (Wildman–Crippen LogP) is 5.39. The Morgan fingerprint density at radius 2 is 1.53 bits per heavy atom. The third-order valence-electron chi connectivity index (χ3n) is 5.65. The number of aromatic hydroxyl groups is 2. The highest BCUT2D eigenvalue weighted by Crippen LogP contribution is 2.41. The predicted molar refractivity (Wildman–Crippen MR) is 136 cm³/mol. The number of ketones is 3. The summed E-state index contributed by atoms with van der Waals surface area (Å²) in [7, 11) is 4.16. The lowest BCUT2D eigenvalue weighted by atomic mass is 9.84. The maximum Gasteiger partial charge on any atom is 0.181 e. The Morgan fingerprint density at radius 1 is 0.889 bits per heavy atom. The number of phenols is 2. The van der Waals surface area contributed by atoms with Crippen LogP contribution in [0.3, 0.4) is 0 Å². The van der Waals surface area contributed by atoms with Crippen molar-refractivity contribution in [1.29, 1.82) is 0 Å². The maximum atomic E-state index is 13.7. The van der Waals surface area contributed by atoms with Crippen molar-refractivity contribution in [3.63, 3.8) is 0 Å². The molecule has 8 nitrogen and oxygen atoms in total. The number of hydrogen-bond donors (Lipinski definition) is 2. The smallest absolute Gasteiger partial charge is 0.181 e. The van der Waals surface area contributed by atoms with E-state index in [0.717, 1.165) is 11.6 Å². The van der Waals surface area contributed by atoms with Crippen LogP contribution < -0.4 is 14.2 Å². The van der Waals surface area contributed by atoms with Gasteiger partial charge in [-0.1, -0.05) is 25.5 Å². The molecule has 2 aromatic carbocycles. The number of carbonyl (C=O) groups is 3. The van der Waals surface area contributed by atoms with E-state index in [2.05, 4.69) is 0 Å². The molecule has 0 amide bonds.